The summed E-state index contributed by atoms with van der Waals surface area (Å²) in [4.78, 5) is 14.3. The van der Waals surface area contributed by atoms with Gasteiger partial charge in [0.15, 0.2) is 0 Å². The van der Waals surface area contributed by atoms with Crippen LogP contribution < -0.4 is 4.74 Å². The number of carbonyl (C=O) groups is 1. The van der Waals surface area contributed by atoms with Crippen LogP contribution in [0.25, 0.3) is 0 Å². The number of ether oxygens (including phenoxy) is 2. The average Bonchev–Trinajstić information content (AvgIpc) is 2.69. The lowest BCUT2D eigenvalue weighted by Gasteiger charge is -2.26. The first-order valence-electron chi connectivity index (χ1n) is 7.33. The summed E-state index contributed by atoms with van der Waals surface area (Å²) >= 11 is 0. The van der Waals surface area contributed by atoms with E-state index >= 15 is 0 Å². The first-order valence-corrected chi connectivity index (χ1v) is 7.33. The standard InChI is InChI=1S/C16H21F2NO3/c1-16(21-2)7-4-9-19(10-8-16)14(20)12-5-3-6-13(11-12)22-15(17)18/h3,5-6,11,15H,4,7-10H2,1-2H3/t16-/m1/s1. The topological polar surface area (TPSA) is 38.8 Å². The highest BCUT2D eigenvalue weighted by Gasteiger charge is 2.29. The van der Waals surface area contributed by atoms with Crippen molar-refractivity contribution in [2.45, 2.75) is 38.4 Å². The Bertz CT molecular complexity index is 524. The van der Waals surface area contributed by atoms with E-state index in [1.807, 2.05) is 6.92 Å². The summed E-state index contributed by atoms with van der Waals surface area (Å²) in [6.07, 6.45) is 2.49. The molecule has 1 aromatic carbocycles. The van der Waals surface area contributed by atoms with Gasteiger partial charge in [0.1, 0.15) is 5.75 Å². The molecular formula is C16H21F2NO3. The minimum absolute atomic E-state index is 0.00241. The molecule has 1 aliphatic rings. The van der Waals surface area contributed by atoms with E-state index < -0.39 is 6.61 Å². The predicted molar refractivity (Wildman–Crippen MR) is 78.2 cm³/mol. The van der Waals surface area contributed by atoms with E-state index in [2.05, 4.69) is 4.74 Å². The second kappa shape index (κ2) is 7.05. The summed E-state index contributed by atoms with van der Waals surface area (Å²) in [5, 5.41) is 0. The third-order valence-corrected chi connectivity index (χ3v) is 4.13. The van der Waals surface area contributed by atoms with Crippen molar-refractivity contribution in [1.29, 1.82) is 0 Å². The average molecular weight is 313 g/mol. The maximum absolute atomic E-state index is 12.5. The Morgan fingerprint density at radius 2 is 2.09 bits per heavy atom. The molecule has 2 rings (SSSR count). The minimum Gasteiger partial charge on any atom is -0.435 e. The minimum atomic E-state index is -2.90. The molecule has 1 aliphatic heterocycles. The second-order valence-corrected chi connectivity index (χ2v) is 5.71. The number of amides is 1. The van der Waals surface area contributed by atoms with Gasteiger partial charge >= 0.3 is 6.61 Å². The van der Waals surface area contributed by atoms with E-state index in [1.54, 1.807) is 24.1 Å². The molecular weight excluding hydrogens is 292 g/mol. The normalized spacial score (nSPS) is 22.5. The summed E-state index contributed by atoms with van der Waals surface area (Å²) in [6.45, 7) is 0.366. The van der Waals surface area contributed by atoms with Crippen molar-refractivity contribution >= 4 is 5.91 Å². The van der Waals surface area contributed by atoms with Crippen molar-refractivity contribution in [3.05, 3.63) is 29.8 Å². The Kier molecular flexibility index (Phi) is 5.34. The summed E-state index contributed by atoms with van der Waals surface area (Å²) in [6, 6.07) is 5.92. The molecule has 1 saturated heterocycles. The molecule has 22 heavy (non-hydrogen) atoms. The van der Waals surface area contributed by atoms with Crippen LogP contribution in [0.4, 0.5) is 8.78 Å². The molecule has 0 unspecified atom stereocenters. The molecule has 1 atom stereocenters. The number of carbonyl (C=O) groups excluding carboxylic acids is 1. The maximum atomic E-state index is 12.5. The lowest BCUT2D eigenvalue weighted by Crippen LogP contribution is -2.34. The summed E-state index contributed by atoms with van der Waals surface area (Å²) in [5.41, 5.74) is 0.148. The third kappa shape index (κ3) is 4.16. The Morgan fingerprint density at radius 3 is 2.77 bits per heavy atom. The molecule has 0 aromatic heterocycles. The van der Waals surface area contributed by atoms with E-state index in [0.717, 1.165) is 19.3 Å². The largest absolute Gasteiger partial charge is 0.435 e. The zero-order chi connectivity index (χ0) is 16.2. The van der Waals surface area contributed by atoms with Gasteiger partial charge in [-0.1, -0.05) is 6.07 Å². The Morgan fingerprint density at radius 1 is 1.32 bits per heavy atom. The lowest BCUT2D eigenvalue weighted by molar-refractivity contribution is -0.0499. The fraction of sp³-hybridized carbons (Fsp3) is 0.562. The number of halogens is 2. The number of likely N-dealkylation sites (tertiary alicyclic amines) is 1. The molecule has 1 amide bonds. The lowest BCUT2D eigenvalue weighted by atomic mass is 9.97. The number of benzene rings is 1. The highest BCUT2D eigenvalue weighted by molar-refractivity contribution is 5.94. The summed E-state index contributed by atoms with van der Waals surface area (Å²) < 4.78 is 34.4. The van der Waals surface area contributed by atoms with Gasteiger partial charge < -0.3 is 14.4 Å². The van der Waals surface area contributed by atoms with Crippen LogP contribution in [-0.2, 0) is 4.74 Å². The number of alkyl halides is 2. The van der Waals surface area contributed by atoms with E-state index in [4.69, 9.17) is 4.74 Å². The molecule has 0 bridgehead atoms. The van der Waals surface area contributed by atoms with Gasteiger partial charge in [-0.15, -0.1) is 0 Å². The van der Waals surface area contributed by atoms with Crippen molar-refractivity contribution in [3.63, 3.8) is 0 Å². The zero-order valence-corrected chi connectivity index (χ0v) is 12.9. The van der Waals surface area contributed by atoms with Crippen LogP contribution in [0.15, 0.2) is 24.3 Å². The molecule has 4 nitrogen and oxygen atoms in total. The number of hydrogen-bond acceptors (Lipinski definition) is 3. The number of nitrogens with zero attached hydrogens (tertiary/aromatic N) is 1. The Labute approximate surface area is 129 Å². The fourth-order valence-electron chi connectivity index (χ4n) is 2.65. The van der Waals surface area contributed by atoms with E-state index in [1.165, 1.54) is 12.1 Å². The van der Waals surface area contributed by atoms with Crippen LogP contribution in [-0.4, -0.2) is 43.2 Å². The molecule has 1 aromatic rings. The van der Waals surface area contributed by atoms with Crippen LogP contribution in [0.3, 0.4) is 0 Å². The number of hydrogen-bond donors (Lipinski definition) is 0. The fourth-order valence-corrected chi connectivity index (χ4v) is 2.65. The first kappa shape index (κ1) is 16.7. The smallest absolute Gasteiger partial charge is 0.387 e. The van der Waals surface area contributed by atoms with Crippen molar-refractivity contribution in [2.75, 3.05) is 20.2 Å². The van der Waals surface area contributed by atoms with Crippen LogP contribution in [0.1, 0.15) is 36.5 Å². The molecule has 1 heterocycles. The molecule has 0 radical (unpaired) electrons. The van der Waals surface area contributed by atoms with Gasteiger partial charge in [0.2, 0.25) is 0 Å². The van der Waals surface area contributed by atoms with Crippen molar-refractivity contribution in [2.24, 2.45) is 0 Å². The van der Waals surface area contributed by atoms with Gasteiger partial charge in [-0.2, -0.15) is 8.78 Å². The highest BCUT2D eigenvalue weighted by atomic mass is 19.3. The Hall–Kier alpha value is -1.69. The van der Waals surface area contributed by atoms with E-state index in [0.29, 0.717) is 18.7 Å². The number of methoxy groups -OCH3 is 1. The molecule has 0 N–H and O–H groups in total. The van der Waals surface area contributed by atoms with Crippen LogP contribution in [0.5, 0.6) is 5.75 Å². The first-order chi connectivity index (χ1) is 10.4. The van der Waals surface area contributed by atoms with Gasteiger partial charge in [0, 0.05) is 25.8 Å². The summed E-state index contributed by atoms with van der Waals surface area (Å²) in [7, 11) is 1.68. The van der Waals surface area contributed by atoms with Crippen molar-refractivity contribution < 1.29 is 23.0 Å². The zero-order valence-electron chi connectivity index (χ0n) is 12.9. The maximum Gasteiger partial charge on any atom is 0.387 e. The molecule has 122 valence electrons. The molecule has 0 aliphatic carbocycles. The monoisotopic (exact) mass is 313 g/mol. The highest BCUT2D eigenvalue weighted by Crippen LogP contribution is 2.26. The quantitative estimate of drug-likeness (QED) is 0.856. The van der Waals surface area contributed by atoms with E-state index in [9.17, 15) is 13.6 Å². The molecule has 0 saturated carbocycles. The SMILES string of the molecule is CO[C@]1(C)CCCN(C(=O)c2cccc(OC(F)F)c2)CC1. The third-order valence-electron chi connectivity index (χ3n) is 4.13. The predicted octanol–water partition coefficient (Wildman–Crippen LogP) is 3.32. The van der Waals surface area contributed by atoms with Crippen molar-refractivity contribution in [1.82, 2.24) is 4.90 Å². The Balaban J connectivity index is 2.08. The molecule has 6 heteroatoms. The van der Waals surface area contributed by atoms with Crippen LogP contribution >= 0.6 is 0 Å². The molecule has 1 fully saturated rings. The molecule has 0 spiro atoms. The van der Waals surface area contributed by atoms with Crippen LogP contribution in [0, 0.1) is 0 Å². The van der Waals surface area contributed by atoms with Crippen molar-refractivity contribution in [3.8, 4) is 5.75 Å². The van der Waals surface area contributed by atoms with E-state index in [-0.39, 0.29) is 17.3 Å². The summed E-state index contributed by atoms with van der Waals surface area (Å²) in [5.74, 6) is -0.169. The van der Waals surface area contributed by atoms with Gasteiger partial charge in [0.25, 0.3) is 5.91 Å². The van der Waals surface area contributed by atoms with Gasteiger partial charge in [0.05, 0.1) is 5.60 Å². The van der Waals surface area contributed by atoms with Gasteiger partial charge in [-0.3, -0.25) is 4.79 Å². The van der Waals surface area contributed by atoms with Crippen LogP contribution in [0.2, 0.25) is 0 Å². The van der Waals surface area contributed by atoms with Gasteiger partial charge in [-0.05, 0) is 44.4 Å². The second-order valence-electron chi connectivity index (χ2n) is 5.71. The number of rotatable bonds is 4. The van der Waals surface area contributed by atoms with Gasteiger partial charge in [-0.25, -0.2) is 0 Å².